The molecule has 0 aromatic heterocycles. The van der Waals surface area contributed by atoms with Gasteiger partial charge in [-0.15, -0.1) is 0 Å². The van der Waals surface area contributed by atoms with Crippen LogP contribution in [0, 0.1) is 5.92 Å². The number of rotatable bonds is 6. The number of methoxy groups -OCH3 is 1. The molecule has 0 saturated carbocycles. The maximum Gasteiger partial charge on any atom is 0.310 e. The van der Waals surface area contributed by atoms with Crippen LogP contribution >= 0.6 is 0 Å². The zero-order valence-corrected chi connectivity index (χ0v) is 12.5. The molecule has 1 unspecified atom stereocenters. The Hall–Kier alpha value is -2.04. The van der Waals surface area contributed by atoms with Crippen LogP contribution in [0.4, 0.5) is 0 Å². The summed E-state index contributed by atoms with van der Waals surface area (Å²) in [6.45, 7) is 3.68. The zero-order chi connectivity index (χ0) is 15.2. The van der Waals surface area contributed by atoms with Crippen LogP contribution in [0.1, 0.15) is 18.9 Å². The first-order valence-electron chi connectivity index (χ1n) is 7.21. The minimum atomic E-state index is -0.317. The number of nitrogens with zero attached hydrogens (tertiary/aromatic N) is 1. The van der Waals surface area contributed by atoms with Crippen molar-refractivity contribution in [1.82, 2.24) is 4.90 Å². The molecule has 1 fully saturated rings. The number of esters is 1. The molecule has 1 amide bonds. The van der Waals surface area contributed by atoms with Gasteiger partial charge in [-0.1, -0.05) is 12.1 Å². The predicted octanol–water partition coefficient (Wildman–Crippen LogP) is 1.65. The first-order chi connectivity index (χ1) is 10.1. The van der Waals surface area contributed by atoms with Gasteiger partial charge in [0, 0.05) is 19.5 Å². The van der Waals surface area contributed by atoms with Crippen LogP contribution in [0.5, 0.6) is 5.75 Å². The largest absolute Gasteiger partial charge is 0.494 e. The summed E-state index contributed by atoms with van der Waals surface area (Å²) in [4.78, 5) is 25.1. The molecule has 1 atom stereocenters. The normalized spacial score (nSPS) is 17.9. The van der Waals surface area contributed by atoms with E-state index in [0.717, 1.165) is 17.7 Å². The van der Waals surface area contributed by atoms with Crippen LogP contribution in [-0.2, 0) is 20.7 Å². The summed E-state index contributed by atoms with van der Waals surface area (Å²) < 4.78 is 10.1. The summed E-state index contributed by atoms with van der Waals surface area (Å²) in [5.74, 6) is 0.260. The molecule has 0 N–H and O–H groups in total. The molecule has 1 aliphatic rings. The summed E-state index contributed by atoms with van der Waals surface area (Å²) in [5, 5.41) is 0. The van der Waals surface area contributed by atoms with E-state index >= 15 is 0 Å². The minimum Gasteiger partial charge on any atom is -0.494 e. The van der Waals surface area contributed by atoms with E-state index in [4.69, 9.17) is 9.47 Å². The third-order valence-corrected chi connectivity index (χ3v) is 3.65. The van der Waals surface area contributed by atoms with Crippen molar-refractivity contribution >= 4 is 11.9 Å². The number of likely N-dealkylation sites (tertiary alicyclic amines) is 1. The summed E-state index contributed by atoms with van der Waals surface area (Å²) in [7, 11) is 1.36. The van der Waals surface area contributed by atoms with Gasteiger partial charge < -0.3 is 14.4 Å². The van der Waals surface area contributed by atoms with Crippen molar-refractivity contribution in [1.29, 1.82) is 0 Å². The van der Waals surface area contributed by atoms with Gasteiger partial charge in [-0.2, -0.15) is 0 Å². The first kappa shape index (κ1) is 15.4. The van der Waals surface area contributed by atoms with Gasteiger partial charge in [-0.3, -0.25) is 9.59 Å². The maximum atomic E-state index is 11.9. The number of benzene rings is 1. The number of hydrogen-bond donors (Lipinski definition) is 0. The minimum absolute atomic E-state index is 0.0244. The number of ether oxygens (including phenoxy) is 2. The predicted molar refractivity (Wildman–Crippen MR) is 78.0 cm³/mol. The first-order valence-corrected chi connectivity index (χ1v) is 7.21. The van der Waals surface area contributed by atoms with Crippen LogP contribution in [0.25, 0.3) is 0 Å². The number of carbonyl (C=O) groups excluding carboxylic acids is 2. The Balaban J connectivity index is 1.85. The third-order valence-electron chi connectivity index (χ3n) is 3.65. The average Bonchev–Trinajstić information content (AvgIpc) is 2.87. The van der Waals surface area contributed by atoms with Crippen LogP contribution in [0.2, 0.25) is 0 Å². The summed E-state index contributed by atoms with van der Waals surface area (Å²) in [6.07, 6.45) is 1.03. The highest BCUT2D eigenvalue weighted by Crippen LogP contribution is 2.20. The lowest BCUT2D eigenvalue weighted by Gasteiger charge is -2.16. The Morgan fingerprint density at radius 3 is 2.67 bits per heavy atom. The van der Waals surface area contributed by atoms with E-state index in [9.17, 15) is 9.59 Å². The van der Waals surface area contributed by atoms with E-state index in [2.05, 4.69) is 0 Å². The quantitative estimate of drug-likeness (QED) is 0.748. The molecule has 21 heavy (non-hydrogen) atoms. The van der Waals surface area contributed by atoms with Gasteiger partial charge in [-0.05, 0) is 31.0 Å². The second kappa shape index (κ2) is 7.11. The van der Waals surface area contributed by atoms with E-state index in [0.29, 0.717) is 19.7 Å². The molecular formula is C16H21NO4. The van der Waals surface area contributed by atoms with Crippen molar-refractivity contribution in [2.24, 2.45) is 5.92 Å². The van der Waals surface area contributed by atoms with Crippen molar-refractivity contribution in [3.8, 4) is 5.75 Å². The monoisotopic (exact) mass is 291 g/mol. The highest BCUT2D eigenvalue weighted by Gasteiger charge is 2.34. The van der Waals surface area contributed by atoms with Gasteiger partial charge in [0.1, 0.15) is 5.75 Å². The smallest absolute Gasteiger partial charge is 0.310 e. The van der Waals surface area contributed by atoms with Crippen LogP contribution < -0.4 is 4.74 Å². The van der Waals surface area contributed by atoms with Crippen LogP contribution in [0.15, 0.2) is 24.3 Å². The lowest BCUT2D eigenvalue weighted by Crippen LogP contribution is -2.28. The van der Waals surface area contributed by atoms with Crippen molar-refractivity contribution in [3.63, 3.8) is 0 Å². The number of carbonyl (C=O) groups is 2. The maximum absolute atomic E-state index is 11.9. The lowest BCUT2D eigenvalue weighted by molar-refractivity contribution is -0.145. The summed E-state index contributed by atoms with van der Waals surface area (Å²) in [5.41, 5.74) is 1.15. The fraction of sp³-hybridized carbons (Fsp3) is 0.500. The molecular weight excluding hydrogens is 270 g/mol. The number of hydrogen-bond acceptors (Lipinski definition) is 4. The van der Waals surface area contributed by atoms with Gasteiger partial charge in [-0.25, -0.2) is 0 Å². The molecule has 114 valence electrons. The Morgan fingerprint density at radius 1 is 1.33 bits per heavy atom. The molecule has 0 bridgehead atoms. The zero-order valence-electron chi connectivity index (χ0n) is 12.5. The second-order valence-corrected chi connectivity index (χ2v) is 5.09. The van der Waals surface area contributed by atoms with Crippen molar-refractivity contribution < 1.29 is 19.1 Å². The summed E-state index contributed by atoms with van der Waals surface area (Å²) >= 11 is 0. The molecule has 5 nitrogen and oxygen atoms in total. The molecule has 1 aliphatic heterocycles. The van der Waals surface area contributed by atoms with Gasteiger partial charge in [0.05, 0.1) is 19.6 Å². The highest BCUT2D eigenvalue weighted by atomic mass is 16.5. The highest BCUT2D eigenvalue weighted by molar-refractivity contribution is 5.86. The fourth-order valence-electron chi connectivity index (χ4n) is 2.50. The van der Waals surface area contributed by atoms with Crippen molar-refractivity contribution in [3.05, 3.63) is 29.8 Å². The number of amides is 1. The fourth-order valence-corrected chi connectivity index (χ4v) is 2.50. The van der Waals surface area contributed by atoms with E-state index in [-0.39, 0.29) is 24.2 Å². The Bertz CT molecular complexity index is 498. The second-order valence-electron chi connectivity index (χ2n) is 5.09. The van der Waals surface area contributed by atoms with Crippen molar-refractivity contribution in [2.75, 3.05) is 26.8 Å². The molecule has 1 aromatic carbocycles. The molecule has 0 radical (unpaired) electrons. The molecule has 1 saturated heterocycles. The Kier molecular flexibility index (Phi) is 5.20. The van der Waals surface area contributed by atoms with E-state index in [1.54, 1.807) is 4.90 Å². The average molecular weight is 291 g/mol. The van der Waals surface area contributed by atoms with Crippen LogP contribution in [-0.4, -0.2) is 43.6 Å². The van der Waals surface area contributed by atoms with Gasteiger partial charge in [0.25, 0.3) is 0 Å². The lowest BCUT2D eigenvalue weighted by atomic mass is 10.1. The molecule has 1 heterocycles. The Morgan fingerprint density at radius 2 is 2.05 bits per heavy atom. The van der Waals surface area contributed by atoms with Gasteiger partial charge in [0.15, 0.2) is 0 Å². The van der Waals surface area contributed by atoms with E-state index < -0.39 is 0 Å². The Labute approximate surface area is 124 Å². The molecule has 0 aliphatic carbocycles. The van der Waals surface area contributed by atoms with Gasteiger partial charge in [0.2, 0.25) is 5.91 Å². The third kappa shape index (κ3) is 3.97. The SMILES string of the molecule is CCOc1ccc(CCN2CC(C(=O)OC)CC2=O)cc1. The molecule has 1 aromatic rings. The van der Waals surface area contributed by atoms with Gasteiger partial charge >= 0.3 is 5.97 Å². The topological polar surface area (TPSA) is 55.8 Å². The molecule has 2 rings (SSSR count). The standard InChI is InChI=1S/C16H21NO4/c1-3-21-14-6-4-12(5-7-14)8-9-17-11-13(10-15(17)18)16(19)20-2/h4-7,13H,3,8-11H2,1-2H3. The molecule has 0 spiro atoms. The summed E-state index contributed by atoms with van der Waals surface area (Å²) in [6, 6.07) is 7.87. The van der Waals surface area contributed by atoms with E-state index in [1.165, 1.54) is 7.11 Å². The van der Waals surface area contributed by atoms with Crippen LogP contribution in [0.3, 0.4) is 0 Å². The van der Waals surface area contributed by atoms with Crippen molar-refractivity contribution in [2.45, 2.75) is 19.8 Å². The molecule has 5 heteroatoms. The van der Waals surface area contributed by atoms with E-state index in [1.807, 2.05) is 31.2 Å².